The molecule has 0 heterocycles. The minimum absolute atomic E-state index is 0.0844. The molecule has 0 saturated heterocycles. The van der Waals surface area contributed by atoms with Crippen LogP contribution in [0.5, 0.6) is 0 Å². The lowest BCUT2D eigenvalue weighted by atomic mass is 10.0. The smallest absolute Gasteiger partial charge is 0.127 e. The zero-order valence-corrected chi connectivity index (χ0v) is 13.2. The van der Waals surface area contributed by atoms with Gasteiger partial charge in [0.2, 0.25) is 0 Å². The van der Waals surface area contributed by atoms with E-state index >= 15 is 0 Å². The Labute approximate surface area is 124 Å². The molecule has 1 fully saturated rings. The first-order chi connectivity index (χ1) is 9.20. The summed E-state index contributed by atoms with van der Waals surface area (Å²) < 4.78 is 14.5. The van der Waals surface area contributed by atoms with E-state index in [0.29, 0.717) is 6.04 Å². The third-order valence-electron chi connectivity index (χ3n) is 3.82. The maximum atomic E-state index is 13.7. The van der Waals surface area contributed by atoms with Crippen LogP contribution in [0.25, 0.3) is 0 Å². The first kappa shape index (κ1) is 15.0. The third-order valence-corrected chi connectivity index (χ3v) is 4.32. The molecule has 2 rings (SSSR count). The van der Waals surface area contributed by atoms with Crippen molar-refractivity contribution in [1.82, 2.24) is 5.32 Å². The van der Waals surface area contributed by atoms with E-state index in [2.05, 4.69) is 28.2 Å². The Balaban J connectivity index is 1.77. The topological polar surface area (TPSA) is 12.0 Å². The van der Waals surface area contributed by atoms with Gasteiger partial charge >= 0.3 is 0 Å². The first-order valence-electron chi connectivity index (χ1n) is 7.38. The zero-order chi connectivity index (χ0) is 13.7. The summed E-state index contributed by atoms with van der Waals surface area (Å²) in [5, 5.41) is 3.64. The van der Waals surface area contributed by atoms with E-state index in [1.165, 1.54) is 25.7 Å². The van der Waals surface area contributed by atoms with Gasteiger partial charge in [0.15, 0.2) is 0 Å². The molecule has 1 atom stereocenters. The lowest BCUT2D eigenvalue weighted by Gasteiger charge is -2.17. The van der Waals surface area contributed by atoms with E-state index in [1.807, 2.05) is 12.1 Å². The summed E-state index contributed by atoms with van der Waals surface area (Å²) in [6.07, 6.45) is 7.00. The number of hydrogen-bond donors (Lipinski definition) is 1. The van der Waals surface area contributed by atoms with Crippen molar-refractivity contribution in [2.45, 2.75) is 51.5 Å². The molecule has 3 heteroatoms. The summed E-state index contributed by atoms with van der Waals surface area (Å²) >= 11 is 3.29. The van der Waals surface area contributed by atoms with Gasteiger partial charge in [0.1, 0.15) is 5.82 Å². The number of benzene rings is 1. The van der Waals surface area contributed by atoms with Crippen LogP contribution in [0.2, 0.25) is 0 Å². The largest absolute Gasteiger partial charge is 0.314 e. The van der Waals surface area contributed by atoms with Gasteiger partial charge in [-0.05, 0) is 68.7 Å². The highest BCUT2D eigenvalue weighted by Gasteiger charge is 2.30. The Hall–Kier alpha value is -0.410. The molecule has 1 saturated carbocycles. The molecule has 1 aliphatic carbocycles. The maximum absolute atomic E-state index is 13.7. The average molecular weight is 328 g/mol. The van der Waals surface area contributed by atoms with Crippen molar-refractivity contribution in [3.63, 3.8) is 0 Å². The van der Waals surface area contributed by atoms with Crippen molar-refractivity contribution in [2.24, 2.45) is 5.92 Å². The fraction of sp³-hybridized carbons (Fsp3) is 0.625. The van der Waals surface area contributed by atoms with E-state index in [-0.39, 0.29) is 5.82 Å². The van der Waals surface area contributed by atoms with E-state index in [4.69, 9.17) is 0 Å². The lowest BCUT2D eigenvalue weighted by molar-refractivity contribution is 0.423. The monoisotopic (exact) mass is 327 g/mol. The third kappa shape index (κ3) is 4.88. The van der Waals surface area contributed by atoms with Crippen LogP contribution in [0.3, 0.4) is 0 Å². The minimum Gasteiger partial charge on any atom is -0.314 e. The molecular weight excluding hydrogens is 305 g/mol. The van der Waals surface area contributed by atoms with Crippen LogP contribution in [-0.2, 0) is 6.42 Å². The molecule has 19 heavy (non-hydrogen) atoms. The van der Waals surface area contributed by atoms with Crippen LogP contribution >= 0.6 is 15.9 Å². The second kappa shape index (κ2) is 7.39. The molecule has 0 amide bonds. The summed E-state index contributed by atoms with van der Waals surface area (Å²) in [5.41, 5.74) is 0.841. The molecule has 0 radical (unpaired) electrons. The summed E-state index contributed by atoms with van der Waals surface area (Å²) in [7, 11) is 0. The minimum atomic E-state index is -0.0844. The summed E-state index contributed by atoms with van der Waals surface area (Å²) in [5.74, 6) is 0.792. The molecule has 106 valence electrons. The highest BCUT2D eigenvalue weighted by molar-refractivity contribution is 9.10. The van der Waals surface area contributed by atoms with E-state index in [9.17, 15) is 4.39 Å². The zero-order valence-electron chi connectivity index (χ0n) is 11.6. The van der Waals surface area contributed by atoms with Crippen LogP contribution in [0.15, 0.2) is 22.7 Å². The Morgan fingerprint density at radius 3 is 2.84 bits per heavy atom. The van der Waals surface area contributed by atoms with Crippen molar-refractivity contribution in [1.29, 1.82) is 0 Å². The number of hydrogen-bond acceptors (Lipinski definition) is 1. The van der Waals surface area contributed by atoms with Crippen molar-refractivity contribution in [2.75, 3.05) is 6.54 Å². The van der Waals surface area contributed by atoms with E-state index in [1.54, 1.807) is 6.07 Å². The van der Waals surface area contributed by atoms with Gasteiger partial charge in [0, 0.05) is 10.5 Å². The molecule has 1 nitrogen and oxygen atoms in total. The highest BCUT2D eigenvalue weighted by Crippen LogP contribution is 2.34. The van der Waals surface area contributed by atoms with Crippen molar-refractivity contribution < 1.29 is 4.39 Å². The Morgan fingerprint density at radius 2 is 2.21 bits per heavy atom. The van der Waals surface area contributed by atoms with Crippen LogP contribution in [-0.4, -0.2) is 12.6 Å². The standard InChI is InChI=1S/C16H23BrFN/c1-2-10-19-16(13-6-7-13)5-3-4-12-8-9-14(17)11-15(12)18/h8-9,11,13,16,19H,2-7,10H2,1H3. The van der Waals surface area contributed by atoms with Gasteiger partial charge in [-0.15, -0.1) is 0 Å². The predicted octanol–water partition coefficient (Wildman–Crippen LogP) is 4.69. The maximum Gasteiger partial charge on any atom is 0.127 e. The van der Waals surface area contributed by atoms with Gasteiger partial charge in [0.25, 0.3) is 0 Å². The molecule has 0 spiro atoms. The Morgan fingerprint density at radius 1 is 1.42 bits per heavy atom. The van der Waals surface area contributed by atoms with Gasteiger partial charge in [-0.2, -0.15) is 0 Å². The summed E-state index contributed by atoms with van der Waals surface area (Å²) in [4.78, 5) is 0. The molecule has 0 aliphatic heterocycles. The SMILES string of the molecule is CCCNC(CCCc1ccc(Br)cc1F)C1CC1. The quantitative estimate of drug-likeness (QED) is 0.730. The molecule has 1 aromatic rings. The normalized spacial score (nSPS) is 16.6. The fourth-order valence-corrected chi connectivity index (χ4v) is 2.90. The van der Waals surface area contributed by atoms with Gasteiger partial charge in [-0.3, -0.25) is 0 Å². The van der Waals surface area contributed by atoms with E-state index in [0.717, 1.165) is 35.3 Å². The van der Waals surface area contributed by atoms with Crippen LogP contribution in [0, 0.1) is 11.7 Å². The Bertz CT molecular complexity index is 404. The van der Waals surface area contributed by atoms with E-state index < -0.39 is 0 Å². The van der Waals surface area contributed by atoms with Crippen molar-refractivity contribution >= 4 is 15.9 Å². The molecule has 1 aromatic carbocycles. The van der Waals surface area contributed by atoms with Gasteiger partial charge in [0.05, 0.1) is 0 Å². The average Bonchev–Trinajstić information content (AvgIpc) is 3.20. The number of rotatable bonds is 8. The molecule has 1 unspecified atom stereocenters. The predicted molar refractivity (Wildman–Crippen MR) is 81.8 cm³/mol. The second-order valence-corrected chi connectivity index (χ2v) is 6.44. The highest BCUT2D eigenvalue weighted by atomic mass is 79.9. The number of halogens is 2. The molecule has 1 aliphatic rings. The Kier molecular flexibility index (Phi) is 5.83. The van der Waals surface area contributed by atoms with Gasteiger partial charge < -0.3 is 5.32 Å². The molecule has 1 N–H and O–H groups in total. The molecular formula is C16H23BrFN. The molecule has 0 bridgehead atoms. The summed E-state index contributed by atoms with van der Waals surface area (Å²) in [6.45, 7) is 3.31. The van der Waals surface area contributed by atoms with Crippen LogP contribution < -0.4 is 5.32 Å². The van der Waals surface area contributed by atoms with Crippen LogP contribution in [0.1, 0.15) is 44.6 Å². The van der Waals surface area contributed by atoms with Crippen molar-refractivity contribution in [3.05, 3.63) is 34.1 Å². The summed E-state index contributed by atoms with van der Waals surface area (Å²) in [6, 6.07) is 6.03. The number of nitrogens with one attached hydrogen (secondary N) is 1. The van der Waals surface area contributed by atoms with Gasteiger partial charge in [-0.25, -0.2) is 4.39 Å². The van der Waals surface area contributed by atoms with Gasteiger partial charge in [-0.1, -0.05) is 28.9 Å². The lowest BCUT2D eigenvalue weighted by Crippen LogP contribution is -2.31. The first-order valence-corrected chi connectivity index (χ1v) is 8.17. The van der Waals surface area contributed by atoms with Crippen molar-refractivity contribution in [3.8, 4) is 0 Å². The fourth-order valence-electron chi connectivity index (χ4n) is 2.57. The van der Waals surface area contributed by atoms with Crippen LogP contribution in [0.4, 0.5) is 4.39 Å². The molecule has 0 aromatic heterocycles. The second-order valence-electron chi connectivity index (χ2n) is 5.53. The number of aryl methyl sites for hydroxylation is 1.